The van der Waals surface area contributed by atoms with Gasteiger partial charge in [0.1, 0.15) is 6.10 Å². The number of amides is 2. The van der Waals surface area contributed by atoms with Gasteiger partial charge < -0.3 is 15.3 Å². The summed E-state index contributed by atoms with van der Waals surface area (Å²) in [4.78, 5) is 24.1. The molecule has 9 heteroatoms. The summed E-state index contributed by atoms with van der Waals surface area (Å²) >= 11 is 0. The molecule has 2 aromatic carbocycles. The Bertz CT molecular complexity index is 856. The van der Waals surface area contributed by atoms with Crippen molar-refractivity contribution in [1.82, 2.24) is 10.9 Å². The number of carbonyl (C=O) groups is 2. The molecule has 0 fully saturated rings. The number of hydrogen-bond acceptors (Lipinski definition) is 7. The largest absolute Gasteiger partial charge is 0.394 e. The molecule has 152 valence electrons. The molecule has 2 rings (SSSR count). The Kier molecular flexibility index (Phi) is 8.64. The van der Waals surface area contributed by atoms with Crippen LogP contribution >= 0.6 is 0 Å². The van der Waals surface area contributed by atoms with E-state index >= 15 is 0 Å². The van der Waals surface area contributed by atoms with Crippen molar-refractivity contribution in [3.8, 4) is 0 Å². The van der Waals surface area contributed by atoms with Gasteiger partial charge in [-0.2, -0.15) is 10.2 Å². The van der Waals surface area contributed by atoms with Crippen LogP contribution in [0.2, 0.25) is 0 Å². The molecule has 0 aliphatic carbocycles. The fourth-order valence-corrected chi connectivity index (χ4v) is 2.20. The van der Waals surface area contributed by atoms with Crippen LogP contribution in [0.1, 0.15) is 27.1 Å². The lowest BCUT2D eigenvalue weighted by Crippen LogP contribution is -2.33. The summed E-state index contributed by atoms with van der Waals surface area (Å²) in [5, 5.41) is 36.1. The molecule has 0 saturated heterocycles. The van der Waals surface area contributed by atoms with Crippen LogP contribution < -0.4 is 10.9 Å². The first-order chi connectivity index (χ1) is 14.0. The Morgan fingerprint density at radius 1 is 0.862 bits per heavy atom. The SMILES string of the molecule is O=C(N/N=C\C(C[C@H](O)[C@@H](O)CO)=N/NC(=O)c1ccccc1)c1ccccc1. The van der Waals surface area contributed by atoms with E-state index in [1.165, 1.54) is 0 Å². The fraction of sp³-hybridized carbons (Fsp3) is 0.200. The molecule has 0 spiro atoms. The third kappa shape index (κ3) is 7.26. The second-order valence-corrected chi connectivity index (χ2v) is 6.00. The molecule has 2 atom stereocenters. The second kappa shape index (κ2) is 11.4. The minimum Gasteiger partial charge on any atom is -0.394 e. The molecule has 9 nitrogen and oxygen atoms in total. The monoisotopic (exact) mass is 398 g/mol. The highest BCUT2D eigenvalue weighted by Crippen LogP contribution is 2.02. The molecule has 0 aliphatic rings. The van der Waals surface area contributed by atoms with Crippen molar-refractivity contribution in [2.24, 2.45) is 10.2 Å². The van der Waals surface area contributed by atoms with Crippen LogP contribution in [0.5, 0.6) is 0 Å². The Hall–Kier alpha value is -3.40. The number of rotatable bonds is 9. The molecule has 0 bridgehead atoms. The van der Waals surface area contributed by atoms with E-state index < -0.39 is 30.6 Å². The first-order valence-corrected chi connectivity index (χ1v) is 8.78. The number of aliphatic hydroxyl groups is 3. The Morgan fingerprint density at radius 2 is 1.38 bits per heavy atom. The Labute approximate surface area is 167 Å². The van der Waals surface area contributed by atoms with E-state index in [9.17, 15) is 19.8 Å². The molecular formula is C20H22N4O5. The van der Waals surface area contributed by atoms with E-state index in [4.69, 9.17) is 5.11 Å². The summed E-state index contributed by atoms with van der Waals surface area (Å²) in [7, 11) is 0. The van der Waals surface area contributed by atoms with Gasteiger partial charge in [-0.15, -0.1) is 0 Å². The second-order valence-electron chi connectivity index (χ2n) is 6.00. The van der Waals surface area contributed by atoms with E-state index in [1.54, 1.807) is 60.7 Å². The van der Waals surface area contributed by atoms with Gasteiger partial charge in [-0.1, -0.05) is 36.4 Å². The normalized spacial score (nSPS) is 13.7. The van der Waals surface area contributed by atoms with Crippen LogP contribution in [0, 0.1) is 0 Å². The highest BCUT2D eigenvalue weighted by Gasteiger charge is 2.17. The van der Waals surface area contributed by atoms with Gasteiger partial charge in [0, 0.05) is 17.5 Å². The van der Waals surface area contributed by atoms with E-state index in [-0.39, 0.29) is 12.1 Å². The van der Waals surface area contributed by atoms with Crippen LogP contribution in [-0.4, -0.2) is 57.9 Å². The molecule has 0 saturated carbocycles. The number of nitrogens with one attached hydrogen (secondary N) is 2. The predicted octanol–water partition coefficient (Wildman–Crippen LogP) is 0.292. The molecule has 0 aliphatic heterocycles. The van der Waals surface area contributed by atoms with Crippen molar-refractivity contribution in [3.63, 3.8) is 0 Å². The highest BCUT2D eigenvalue weighted by molar-refractivity contribution is 6.31. The average Bonchev–Trinajstić information content (AvgIpc) is 2.77. The quantitative estimate of drug-likeness (QED) is 0.305. The molecule has 2 amide bonds. The van der Waals surface area contributed by atoms with Crippen molar-refractivity contribution in [2.75, 3.05) is 6.61 Å². The van der Waals surface area contributed by atoms with Crippen LogP contribution in [-0.2, 0) is 0 Å². The minimum atomic E-state index is -1.39. The van der Waals surface area contributed by atoms with Gasteiger partial charge in [-0.05, 0) is 24.3 Å². The van der Waals surface area contributed by atoms with Gasteiger partial charge in [0.25, 0.3) is 11.8 Å². The molecule has 29 heavy (non-hydrogen) atoms. The van der Waals surface area contributed by atoms with E-state index in [2.05, 4.69) is 21.1 Å². The van der Waals surface area contributed by atoms with Crippen molar-refractivity contribution in [2.45, 2.75) is 18.6 Å². The molecule has 0 unspecified atom stereocenters. The van der Waals surface area contributed by atoms with Crippen molar-refractivity contribution < 1.29 is 24.9 Å². The summed E-state index contributed by atoms with van der Waals surface area (Å²) in [5.74, 6) is -0.938. The van der Waals surface area contributed by atoms with Crippen LogP contribution in [0.15, 0.2) is 70.9 Å². The lowest BCUT2D eigenvalue weighted by atomic mass is 10.1. The maximum absolute atomic E-state index is 12.1. The first-order valence-electron chi connectivity index (χ1n) is 8.78. The molecular weight excluding hydrogens is 376 g/mol. The molecule has 0 aromatic heterocycles. The summed E-state index contributed by atoms with van der Waals surface area (Å²) in [5.41, 5.74) is 5.48. The zero-order valence-electron chi connectivity index (χ0n) is 15.5. The molecule has 5 N–H and O–H groups in total. The van der Waals surface area contributed by atoms with Crippen LogP contribution in [0.25, 0.3) is 0 Å². The molecule has 2 aromatic rings. The summed E-state index contributed by atoms with van der Waals surface area (Å²) < 4.78 is 0. The standard InChI is InChI=1S/C20H22N4O5/c25-13-18(27)17(26)11-16(22-24-20(29)15-9-5-2-6-10-15)12-21-23-19(28)14-7-3-1-4-8-14/h1-10,12,17-18,25-27H,11,13H2,(H,23,28)(H,24,29)/b21-12-,22-16-/t17-,18-/m0/s1. The van der Waals surface area contributed by atoms with Gasteiger partial charge in [-0.3, -0.25) is 9.59 Å². The summed E-state index contributed by atoms with van der Waals surface area (Å²) in [6.45, 7) is -0.646. The van der Waals surface area contributed by atoms with Crippen LogP contribution in [0.4, 0.5) is 0 Å². The lowest BCUT2D eigenvalue weighted by Gasteiger charge is -2.15. The zero-order valence-corrected chi connectivity index (χ0v) is 15.5. The number of aliphatic hydroxyl groups excluding tert-OH is 3. The first kappa shape index (κ1) is 21.9. The summed E-state index contributed by atoms with van der Waals surface area (Å²) in [6.07, 6.45) is -1.82. The van der Waals surface area contributed by atoms with Crippen molar-refractivity contribution in [3.05, 3.63) is 71.8 Å². The lowest BCUT2D eigenvalue weighted by molar-refractivity contribution is -0.00975. The van der Waals surface area contributed by atoms with Crippen molar-refractivity contribution in [1.29, 1.82) is 0 Å². The third-order valence-corrected chi connectivity index (χ3v) is 3.80. The maximum Gasteiger partial charge on any atom is 0.271 e. The fourth-order valence-electron chi connectivity index (χ4n) is 2.20. The Morgan fingerprint density at radius 3 is 1.90 bits per heavy atom. The smallest absolute Gasteiger partial charge is 0.271 e. The van der Waals surface area contributed by atoms with Gasteiger partial charge in [0.05, 0.1) is 24.6 Å². The molecule has 0 radical (unpaired) electrons. The van der Waals surface area contributed by atoms with Gasteiger partial charge in [-0.25, -0.2) is 10.9 Å². The number of hydrogen-bond donors (Lipinski definition) is 5. The number of carbonyl (C=O) groups excluding carboxylic acids is 2. The minimum absolute atomic E-state index is 0.0719. The van der Waals surface area contributed by atoms with E-state index in [1.807, 2.05) is 0 Å². The zero-order chi connectivity index (χ0) is 21.1. The number of benzene rings is 2. The number of hydrazone groups is 2. The van der Waals surface area contributed by atoms with E-state index in [0.29, 0.717) is 11.1 Å². The Balaban J connectivity index is 2.07. The van der Waals surface area contributed by atoms with Crippen molar-refractivity contribution >= 4 is 23.7 Å². The third-order valence-electron chi connectivity index (χ3n) is 3.80. The van der Waals surface area contributed by atoms with Crippen LogP contribution in [0.3, 0.4) is 0 Å². The predicted molar refractivity (Wildman–Crippen MR) is 107 cm³/mol. The van der Waals surface area contributed by atoms with Gasteiger partial charge in [0.15, 0.2) is 0 Å². The maximum atomic E-state index is 12.1. The number of nitrogens with zero attached hydrogens (tertiary/aromatic N) is 2. The van der Waals surface area contributed by atoms with Gasteiger partial charge >= 0.3 is 0 Å². The summed E-state index contributed by atoms with van der Waals surface area (Å²) in [6, 6.07) is 16.8. The molecule has 0 heterocycles. The highest BCUT2D eigenvalue weighted by atomic mass is 16.4. The van der Waals surface area contributed by atoms with Gasteiger partial charge in [0.2, 0.25) is 0 Å². The average molecular weight is 398 g/mol. The van der Waals surface area contributed by atoms with E-state index in [0.717, 1.165) is 6.21 Å². The topological polar surface area (TPSA) is 144 Å².